The van der Waals surface area contributed by atoms with Crippen molar-refractivity contribution >= 4 is 11.9 Å². The minimum atomic E-state index is -0.345. The van der Waals surface area contributed by atoms with Crippen LogP contribution in [0.3, 0.4) is 0 Å². The number of likely N-dealkylation sites (tertiary alicyclic amines) is 1. The van der Waals surface area contributed by atoms with Crippen LogP contribution in [0, 0.1) is 11.3 Å². The van der Waals surface area contributed by atoms with Crippen LogP contribution in [0.15, 0.2) is 0 Å². The van der Waals surface area contributed by atoms with Gasteiger partial charge < -0.3 is 9.64 Å². The SMILES string of the molecule is CCOC(=O)CN(C)C(=O)CN1CCCC(C(C)(C)C)CC1. The Hall–Kier alpha value is -1.10. The van der Waals surface area contributed by atoms with Crippen molar-refractivity contribution in [3.63, 3.8) is 0 Å². The molecule has 0 bridgehead atoms. The monoisotopic (exact) mass is 312 g/mol. The number of esters is 1. The Morgan fingerprint density at radius 3 is 2.50 bits per heavy atom. The van der Waals surface area contributed by atoms with Crippen LogP contribution in [-0.2, 0) is 14.3 Å². The van der Waals surface area contributed by atoms with E-state index in [1.54, 1.807) is 14.0 Å². The molecule has 1 heterocycles. The summed E-state index contributed by atoms with van der Waals surface area (Å²) in [5.74, 6) is 0.356. The van der Waals surface area contributed by atoms with Gasteiger partial charge in [0.15, 0.2) is 0 Å². The fourth-order valence-corrected chi connectivity index (χ4v) is 2.98. The minimum Gasteiger partial charge on any atom is -0.465 e. The van der Waals surface area contributed by atoms with Gasteiger partial charge in [0, 0.05) is 7.05 Å². The third kappa shape index (κ3) is 6.34. The summed E-state index contributed by atoms with van der Waals surface area (Å²) in [5.41, 5.74) is 0.334. The molecule has 1 aliphatic rings. The van der Waals surface area contributed by atoms with E-state index in [4.69, 9.17) is 4.74 Å². The van der Waals surface area contributed by atoms with E-state index in [1.165, 1.54) is 11.3 Å². The van der Waals surface area contributed by atoms with E-state index in [0.29, 0.717) is 24.5 Å². The van der Waals surface area contributed by atoms with Gasteiger partial charge in [0.1, 0.15) is 6.54 Å². The molecule has 1 atom stereocenters. The molecule has 5 nitrogen and oxygen atoms in total. The zero-order valence-corrected chi connectivity index (χ0v) is 14.9. The predicted octanol–water partition coefficient (Wildman–Crippen LogP) is 2.16. The molecule has 5 heteroatoms. The molecule has 0 aromatic rings. The quantitative estimate of drug-likeness (QED) is 0.730. The van der Waals surface area contributed by atoms with Gasteiger partial charge >= 0.3 is 5.97 Å². The Labute approximate surface area is 135 Å². The highest BCUT2D eigenvalue weighted by atomic mass is 16.5. The van der Waals surface area contributed by atoms with Gasteiger partial charge in [-0.15, -0.1) is 0 Å². The molecular formula is C17H32N2O3. The van der Waals surface area contributed by atoms with Crippen LogP contribution in [0.1, 0.15) is 47.0 Å². The van der Waals surface area contributed by atoms with Gasteiger partial charge in [-0.2, -0.15) is 0 Å². The van der Waals surface area contributed by atoms with Gasteiger partial charge in [-0.25, -0.2) is 0 Å². The number of likely N-dealkylation sites (N-methyl/N-ethyl adjacent to an activating group) is 1. The fraction of sp³-hybridized carbons (Fsp3) is 0.882. The predicted molar refractivity (Wildman–Crippen MR) is 87.5 cm³/mol. The molecule has 1 amide bonds. The number of rotatable bonds is 5. The van der Waals surface area contributed by atoms with E-state index in [9.17, 15) is 9.59 Å². The summed E-state index contributed by atoms with van der Waals surface area (Å²) in [6.07, 6.45) is 3.50. The molecule has 1 unspecified atom stereocenters. The number of hydrogen-bond acceptors (Lipinski definition) is 4. The summed E-state index contributed by atoms with van der Waals surface area (Å²) < 4.78 is 4.88. The molecule has 1 rings (SSSR count). The lowest BCUT2D eigenvalue weighted by molar-refractivity contribution is -0.148. The molecule has 22 heavy (non-hydrogen) atoms. The van der Waals surface area contributed by atoms with Crippen molar-refractivity contribution in [2.45, 2.75) is 47.0 Å². The van der Waals surface area contributed by atoms with Crippen LogP contribution in [0.5, 0.6) is 0 Å². The third-order valence-electron chi connectivity index (χ3n) is 4.50. The van der Waals surface area contributed by atoms with Gasteiger partial charge in [-0.05, 0) is 50.6 Å². The molecule has 0 saturated carbocycles. The number of carbonyl (C=O) groups is 2. The molecule has 1 aliphatic heterocycles. The van der Waals surface area contributed by atoms with Crippen LogP contribution in [0.2, 0.25) is 0 Å². The molecule has 0 aromatic carbocycles. The summed E-state index contributed by atoms with van der Waals surface area (Å²) in [6.45, 7) is 11.4. The maximum Gasteiger partial charge on any atom is 0.325 e. The largest absolute Gasteiger partial charge is 0.465 e. The highest BCUT2D eigenvalue weighted by Gasteiger charge is 2.28. The van der Waals surface area contributed by atoms with Crippen molar-refractivity contribution < 1.29 is 14.3 Å². The summed E-state index contributed by atoms with van der Waals surface area (Å²) in [5, 5.41) is 0. The first-order chi connectivity index (χ1) is 10.2. The van der Waals surface area contributed by atoms with Crippen molar-refractivity contribution in [2.24, 2.45) is 11.3 Å². The zero-order valence-electron chi connectivity index (χ0n) is 14.9. The Balaban J connectivity index is 2.43. The van der Waals surface area contributed by atoms with Crippen molar-refractivity contribution in [3.8, 4) is 0 Å². The Kier molecular flexibility index (Phi) is 7.33. The van der Waals surface area contributed by atoms with Crippen LogP contribution in [0.4, 0.5) is 0 Å². The first-order valence-corrected chi connectivity index (χ1v) is 8.36. The Morgan fingerprint density at radius 1 is 1.23 bits per heavy atom. The second-order valence-electron chi connectivity index (χ2n) is 7.32. The van der Waals surface area contributed by atoms with E-state index in [2.05, 4.69) is 25.7 Å². The normalized spacial score (nSPS) is 20.3. The topological polar surface area (TPSA) is 49.9 Å². The van der Waals surface area contributed by atoms with Crippen molar-refractivity contribution in [3.05, 3.63) is 0 Å². The van der Waals surface area contributed by atoms with Gasteiger partial charge in [0.2, 0.25) is 5.91 Å². The van der Waals surface area contributed by atoms with Crippen LogP contribution in [0.25, 0.3) is 0 Å². The average Bonchev–Trinajstić information content (AvgIpc) is 2.64. The van der Waals surface area contributed by atoms with Gasteiger partial charge in [-0.3, -0.25) is 14.5 Å². The first kappa shape index (κ1) is 18.9. The summed E-state index contributed by atoms with van der Waals surface area (Å²) in [6, 6.07) is 0. The molecule has 128 valence electrons. The molecular weight excluding hydrogens is 280 g/mol. The molecule has 1 fully saturated rings. The lowest BCUT2D eigenvalue weighted by atomic mass is 9.77. The number of ether oxygens (including phenoxy) is 1. The van der Waals surface area contributed by atoms with Crippen molar-refractivity contribution in [1.29, 1.82) is 0 Å². The highest BCUT2D eigenvalue weighted by molar-refractivity contribution is 5.83. The number of hydrogen-bond donors (Lipinski definition) is 0. The van der Waals surface area contributed by atoms with Crippen molar-refractivity contribution in [1.82, 2.24) is 9.80 Å². The molecule has 0 aromatic heterocycles. The minimum absolute atomic E-state index is 0.0118. The van der Waals surface area contributed by atoms with Gasteiger partial charge in [-0.1, -0.05) is 20.8 Å². The summed E-state index contributed by atoms with van der Waals surface area (Å²) in [7, 11) is 1.66. The number of carbonyl (C=O) groups excluding carboxylic acids is 2. The van der Waals surface area contributed by atoms with E-state index in [0.717, 1.165) is 25.9 Å². The zero-order chi connectivity index (χ0) is 16.8. The molecule has 1 saturated heterocycles. The van der Waals surface area contributed by atoms with E-state index >= 15 is 0 Å². The van der Waals surface area contributed by atoms with Crippen molar-refractivity contribution in [2.75, 3.05) is 39.8 Å². The maximum atomic E-state index is 12.2. The Morgan fingerprint density at radius 2 is 1.91 bits per heavy atom. The Bertz CT molecular complexity index is 377. The molecule has 0 aliphatic carbocycles. The van der Waals surface area contributed by atoms with Gasteiger partial charge in [0.05, 0.1) is 13.2 Å². The number of amides is 1. The van der Waals surface area contributed by atoms with Gasteiger partial charge in [0.25, 0.3) is 0 Å². The number of nitrogens with zero attached hydrogens (tertiary/aromatic N) is 2. The van der Waals surface area contributed by atoms with E-state index in [1.807, 2.05) is 0 Å². The van der Waals surface area contributed by atoms with Crippen LogP contribution < -0.4 is 0 Å². The van der Waals surface area contributed by atoms with E-state index < -0.39 is 0 Å². The fourth-order valence-electron chi connectivity index (χ4n) is 2.98. The summed E-state index contributed by atoms with van der Waals surface area (Å²) in [4.78, 5) is 27.3. The standard InChI is InChI=1S/C17H32N2O3/c1-6-22-16(21)13-18(5)15(20)12-19-10-7-8-14(9-11-19)17(2,3)4/h14H,6-13H2,1-5H3. The highest BCUT2D eigenvalue weighted by Crippen LogP contribution is 2.34. The lowest BCUT2D eigenvalue weighted by Crippen LogP contribution is -2.41. The molecule has 0 spiro atoms. The first-order valence-electron chi connectivity index (χ1n) is 8.36. The van der Waals surface area contributed by atoms with Crippen LogP contribution >= 0.6 is 0 Å². The average molecular weight is 312 g/mol. The second kappa shape index (κ2) is 8.51. The van der Waals surface area contributed by atoms with Crippen LogP contribution in [-0.4, -0.2) is 61.5 Å². The second-order valence-corrected chi connectivity index (χ2v) is 7.32. The van der Waals surface area contributed by atoms with E-state index in [-0.39, 0.29) is 18.4 Å². The lowest BCUT2D eigenvalue weighted by Gasteiger charge is -2.30. The smallest absolute Gasteiger partial charge is 0.325 e. The molecule has 0 N–H and O–H groups in total. The summed E-state index contributed by atoms with van der Waals surface area (Å²) >= 11 is 0. The maximum absolute atomic E-state index is 12.2. The third-order valence-corrected chi connectivity index (χ3v) is 4.50. The molecule has 0 radical (unpaired) electrons.